The van der Waals surface area contributed by atoms with Crippen molar-refractivity contribution in [2.24, 2.45) is 5.92 Å². The van der Waals surface area contributed by atoms with Crippen molar-refractivity contribution in [3.63, 3.8) is 0 Å². The van der Waals surface area contributed by atoms with E-state index in [0.29, 0.717) is 12.1 Å². The zero-order chi connectivity index (χ0) is 10.8. The van der Waals surface area contributed by atoms with Crippen LogP contribution >= 0.6 is 0 Å². The largest absolute Gasteiger partial charge is 0.376 e. The molecule has 2 aliphatic heterocycles. The van der Waals surface area contributed by atoms with E-state index in [-0.39, 0.29) is 0 Å². The van der Waals surface area contributed by atoms with Gasteiger partial charge >= 0.3 is 0 Å². The third kappa shape index (κ3) is 2.58. The van der Waals surface area contributed by atoms with Crippen LogP contribution in [0.15, 0.2) is 0 Å². The SMILES string of the molecule is C1CCN(CCNC2CCOC2C2CC2)C1. The quantitative estimate of drug-likeness (QED) is 0.760. The third-order valence-electron chi connectivity index (χ3n) is 4.26. The molecule has 16 heavy (non-hydrogen) atoms. The number of likely N-dealkylation sites (tertiary alicyclic amines) is 1. The van der Waals surface area contributed by atoms with Crippen molar-refractivity contribution in [1.29, 1.82) is 0 Å². The molecule has 1 saturated carbocycles. The minimum absolute atomic E-state index is 0.540. The first-order chi connectivity index (χ1) is 7.93. The maximum Gasteiger partial charge on any atom is 0.0756 e. The Hall–Kier alpha value is -0.120. The lowest BCUT2D eigenvalue weighted by Gasteiger charge is -2.21. The normalized spacial score (nSPS) is 36.0. The molecule has 0 spiro atoms. The Balaban J connectivity index is 1.37. The molecular weight excluding hydrogens is 200 g/mol. The molecule has 0 radical (unpaired) electrons. The number of ether oxygens (including phenoxy) is 1. The second kappa shape index (κ2) is 5.03. The van der Waals surface area contributed by atoms with Crippen molar-refractivity contribution in [3.8, 4) is 0 Å². The zero-order valence-corrected chi connectivity index (χ0v) is 10.2. The minimum Gasteiger partial charge on any atom is -0.376 e. The van der Waals surface area contributed by atoms with Crippen molar-refractivity contribution < 1.29 is 4.74 Å². The Morgan fingerprint density at radius 2 is 1.94 bits per heavy atom. The Labute approximate surface area is 98.5 Å². The van der Waals surface area contributed by atoms with Crippen LogP contribution in [-0.2, 0) is 4.74 Å². The van der Waals surface area contributed by atoms with E-state index in [4.69, 9.17) is 4.74 Å². The van der Waals surface area contributed by atoms with E-state index in [9.17, 15) is 0 Å². The zero-order valence-electron chi connectivity index (χ0n) is 10.2. The highest BCUT2D eigenvalue weighted by Crippen LogP contribution is 2.38. The molecule has 2 atom stereocenters. The molecule has 3 heteroatoms. The van der Waals surface area contributed by atoms with Gasteiger partial charge in [0.05, 0.1) is 6.10 Å². The van der Waals surface area contributed by atoms with Crippen molar-refractivity contribution in [3.05, 3.63) is 0 Å². The van der Waals surface area contributed by atoms with Crippen molar-refractivity contribution in [1.82, 2.24) is 10.2 Å². The maximum absolute atomic E-state index is 5.84. The first-order valence-electron chi connectivity index (χ1n) is 7.01. The summed E-state index contributed by atoms with van der Waals surface area (Å²) in [5.74, 6) is 0.881. The summed E-state index contributed by atoms with van der Waals surface area (Å²) in [6, 6.07) is 0.648. The lowest BCUT2D eigenvalue weighted by molar-refractivity contribution is 0.0807. The molecule has 2 saturated heterocycles. The smallest absolute Gasteiger partial charge is 0.0756 e. The molecule has 0 aromatic heterocycles. The molecule has 0 aromatic rings. The topological polar surface area (TPSA) is 24.5 Å². The number of hydrogen-bond donors (Lipinski definition) is 1. The first kappa shape index (κ1) is 11.0. The summed E-state index contributed by atoms with van der Waals surface area (Å²) in [4.78, 5) is 2.58. The molecule has 3 rings (SSSR count). The molecule has 1 aliphatic carbocycles. The maximum atomic E-state index is 5.84. The van der Waals surface area contributed by atoms with Crippen LogP contribution in [0, 0.1) is 5.92 Å². The fourth-order valence-electron chi connectivity index (χ4n) is 3.13. The molecule has 1 N–H and O–H groups in total. The molecule has 92 valence electrons. The number of nitrogens with zero attached hydrogens (tertiary/aromatic N) is 1. The van der Waals surface area contributed by atoms with Crippen LogP contribution in [-0.4, -0.2) is 49.8 Å². The fraction of sp³-hybridized carbons (Fsp3) is 1.00. The van der Waals surface area contributed by atoms with Crippen LogP contribution in [0.2, 0.25) is 0 Å². The molecular formula is C13H24N2O. The van der Waals surface area contributed by atoms with E-state index in [1.807, 2.05) is 0 Å². The Morgan fingerprint density at radius 1 is 1.12 bits per heavy atom. The summed E-state index contributed by atoms with van der Waals surface area (Å²) < 4.78 is 5.84. The fourth-order valence-corrected chi connectivity index (χ4v) is 3.13. The van der Waals surface area contributed by atoms with Crippen LogP contribution in [0.4, 0.5) is 0 Å². The van der Waals surface area contributed by atoms with Gasteiger partial charge in [-0.3, -0.25) is 0 Å². The number of nitrogens with one attached hydrogen (secondary N) is 1. The predicted molar refractivity (Wildman–Crippen MR) is 64.5 cm³/mol. The van der Waals surface area contributed by atoms with E-state index in [1.54, 1.807) is 0 Å². The van der Waals surface area contributed by atoms with Gasteiger partial charge < -0.3 is 15.0 Å². The summed E-state index contributed by atoms with van der Waals surface area (Å²) in [5, 5.41) is 3.71. The third-order valence-corrected chi connectivity index (χ3v) is 4.26. The Morgan fingerprint density at radius 3 is 2.69 bits per heavy atom. The Kier molecular flexibility index (Phi) is 3.46. The number of rotatable bonds is 5. The van der Waals surface area contributed by atoms with Crippen LogP contribution in [0.3, 0.4) is 0 Å². The van der Waals surface area contributed by atoms with Gasteiger partial charge in [-0.2, -0.15) is 0 Å². The number of hydrogen-bond acceptors (Lipinski definition) is 3. The summed E-state index contributed by atoms with van der Waals surface area (Å²) in [5.41, 5.74) is 0. The highest BCUT2D eigenvalue weighted by molar-refractivity contribution is 4.93. The summed E-state index contributed by atoms with van der Waals surface area (Å²) in [7, 11) is 0. The Bertz CT molecular complexity index is 224. The molecule has 0 amide bonds. The highest BCUT2D eigenvalue weighted by Gasteiger charge is 2.40. The molecule has 2 unspecified atom stereocenters. The van der Waals surface area contributed by atoms with Gasteiger partial charge in [0.25, 0.3) is 0 Å². The van der Waals surface area contributed by atoms with Gasteiger partial charge in [0.15, 0.2) is 0 Å². The second-order valence-corrected chi connectivity index (χ2v) is 5.57. The lowest BCUT2D eigenvalue weighted by Crippen LogP contribution is -2.41. The summed E-state index contributed by atoms with van der Waals surface area (Å²) >= 11 is 0. The van der Waals surface area contributed by atoms with Crippen LogP contribution in [0.1, 0.15) is 32.1 Å². The van der Waals surface area contributed by atoms with Gasteiger partial charge in [-0.15, -0.1) is 0 Å². The van der Waals surface area contributed by atoms with E-state index < -0.39 is 0 Å². The molecule has 2 heterocycles. The standard InChI is InChI=1S/C13H24N2O/c1-2-8-15(7-1)9-6-14-12-5-10-16-13(12)11-3-4-11/h11-14H,1-10H2. The van der Waals surface area contributed by atoms with Gasteiger partial charge in [0.2, 0.25) is 0 Å². The predicted octanol–water partition coefficient (Wildman–Crippen LogP) is 1.24. The lowest BCUT2D eigenvalue weighted by atomic mass is 10.1. The van der Waals surface area contributed by atoms with Gasteiger partial charge in [0, 0.05) is 25.7 Å². The minimum atomic E-state index is 0.540. The highest BCUT2D eigenvalue weighted by atomic mass is 16.5. The van der Waals surface area contributed by atoms with Crippen molar-refractivity contribution >= 4 is 0 Å². The van der Waals surface area contributed by atoms with E-state index in [0.717, 1.165) is 19.1 Å². The molecule has 3 fully saturated rings. The average molecular weight is 224 g/mol. The van der Waals surface area contributed by atoms with Crippen LogP contribution < -0.4 is 5.32 Å². The van der Waals surface area contributed by atoms with Gasteiger partial charge in [0.1, 0.15) is 0 Å². The summed E-state index contributed by atoms with van der Waals surface area (Å²) in [6.07, 6.45) is 7.36. The van der Waals surface area contributed by atoms with Crippen molar-refractivity contribution in [2.75, 3.05) is 32.8 Å². The average Bonchev–Trinajstić information content (AvgIpc) is 2.82. The molecule has 0 bridgehead atoms. The molecule has 3 nitrogen and oxygen atoms in total. The van der Waals surface area contributed by atoms with Crippen LogP contribution in [0.5, 0.6) is 0 Å². The molecule has 0 aromatic carbocycles. The van der Waals surface area contributed by atoms with Crippen LogP contribution in [0.25, 0.3) is 0 Å². The second-order valence-electron chi connectivity index (χ2n) is 5.57. The van der Waals surface area contributed by atoms with Gasteiger partial charge in [-0.1, -0.05) is 0 Å². The van der Waals surface area contributed by atoms with E-state index in [2.05, 4.69) is 10.2 Å². The molecule has 3 aliphatic rings. The monoisotopic (exact) mass is 224 g/mol. The van der Waals surface area contributed by atoms with E-state index in [1.165, 1.54) is 51.7 Å². The van der Waals surface area contributed by atoms with Gasteiger partial charge in [-0.05, 0) is 51.1 Å². The van der Waals surface area contributed by atoms with Crippen molar-refractivity contribution in [2.45, 2.75) is 44.2 Å². The summed E-state index contributed by atoms with van der Waals surface area (Å²) in [6.45, 7) is 5.98. The first-order valence-corrected chi connectivity index (χ1v) is 7.01. The van der Waals surface area contributed by atoms with E-state index >= 15 is 0 Å². The van der Waals surface area contributed by atoms with Gasteiger partial charge in [-0.25, -0.2) is 0 Å².